The lowest BCUT2D eigenvalue weighted by molar-refractivity contribution is -0.119. The summed E-state index contributed by atoms with van der Waals surface area (Å²) in [5.74, 6) is 0.897. The second kappa shape index (κ2) is 5.76. The Balaban J connectivity index is 1.79. The molecule has 96 valence electrons. The van der Waals surface area contributed by atoms with Crippen LogP contribution in [0.25, 0.3) is 0 Å². The van der Waals surface area contributed by atoms with E-state index in [1.807, 2.05) is 11.8 Å². The van der Waals surface area contributed by atoms with E-state index < -0.39 is 0 Å². The van der Waals surface area contributed by atoms with Crippen LogP contribution in [-0.2, 0) is 4.79 Å². The number of thioether (sulfide) groups is 1. The summed E-state index contributed by atoms with van der Waals surface area (Å²) in [4.78, 5) is 15.6. The summed E-state index contributed by atoms with van der Waals surface area (Å²) in [5.41, 5.74) is 0. The molecule has 0 spiro atoms. The lowest BCUT2D eigenvalue weighted by atomic mass is 9.99. The molecule has 2 heterocycles. The van der Waals surface area contributed by atoms with Gasteiger partial charge in [-0.2, -0.15) is 0 Å². The average molecular weight is 255 g/mol. The number of hydrogen-bond acceptors (Lipinski definition) is 4. The maximum atomic E-state index is 11.1. The molecule has 0 aliphatic carbocycles. The van der Waals surface area contributed by atoms with Crippen LogP contribution < -0.4 is 10.6 Å². The third-order valence-corrected chi connectivity index (χ3v) is 4.86. The first kappa shape index (κ1) is 12.7. The molecule has 0 aromatic rings. The van der Waals surface area contributed by atoms with Gasteiger partial charge in [-0.25, -0.2) is 0 Å². The van der Waals surface area contributed by atoms with Crippen LogP contribution >= 0.6 is 11.8 Å². The normalized spacial score (nSPS) is 28.4. The summed E-state index contributed by atoms with van der Waals surface area (Å²) in [5, 5.41) is 7.86. The number of amides is 1. The maximum Gasteiger partial charge on any atom is 0.222 e. The van der Waals surface area contributed by atoms with Crippen LogP contribution in [0.4, 0.5) is 0 Å². The van der Waals surface area contributed by atoms with Crippen molar-refractivity contribution in [2.24, 2.45) is 10.9 Å². The van der Waals surface area contributed by atoms with Crippen LogP contribution in [0.15, 0.2) is 4.99 Å². The summed E-state index contributed by atoms with van der Waals surface area (Å²) in [6, 6.07) is 0.231. The number of nitrogens with zero attached hydrogens (tertiary/aromatic N) is 1. The largest absolute Gasteiger partial charge is 0.360 e. The topological polar surface area (TPSA) is 53.5 Å². The van der Waals surface area contributed by atoms with Crippen molar-refractivity contribution in [2.75, 3.05) is 13.1 Å². The van der Waals surface area contributed by atoms with Gasteiger partial charge in [-0.05, 0) is 5.92 Å². The molecule has 1 amide bonds. The molecule has 1 saturated heterocycles. The first-order valence-corrected chi connectivity index (χ1v) is 7.35. The molecule has 4 nitrogen and oxygen atoms in total. The highest BCUT2D eigenvalue weighted by molar-refractivity contribution is 8.14. The highest BCUT2D eigenvalue weighted by atomic mass is 32.2. The molecule has 2 aliphatic heterocycles. The second-order valence-corrected chi connectivity index (χ2v) is 5.96. The maximum absolute atomic E-state index is 11.1. The molecular formula is C12H21N3OS. The molecule has 2 rings (SSSR count). The predicted molar refractivity (Wildman–Crippen MR) is 72.3 cm³/mol. The predicted octanol–water partition coefficient (Wildman–Crippen LogP) is 1.37. The smallest absolute Gasteiger partial charge is 0.222 e. The van der Waals surface area contributed by atoms with E-state index >= 15 is 0 Å². The molecule has 1 fully saturated rings. The molecule has 2 unspecified atom stereocenters. The van der Waals surface area contributed by atoms with Crippen molar-refractivity contribution in [2.45, 2.75) is 44.4 Å². The SMILES string of the molecule is CCC(CC)C1CN=C(NC2CNC(=O)C2)S1. The molecule has 5 heteroatoms. The zero-order chi connectivity index (χ0) is 12.3. The first-order valence-electron chi connectivity index (χ1n) is 6.47. The van der Waals surface area contributed by atoms with Gasteiger partial charge in [0.2, 0.25) is 5.91 Å². The highest BCUT2D eigenvalue weighted by Gasteiger charge is 2.29. The van der Waals surface area contributed by atoms with Crippen molar-refractivity contribution in [3.05, 3.63) is 0 Å². The van der Waals surface area contributed by atoms with Gasteiger partial charge in [-0.3, -0.25) is 9.79 Å². The summed E-state index contributed by atoms with van der Waals surface area (Å²) in [7, 11) is 0. The number of hydrogen-bond donors (Lipinski definition) is 2. The fraction of sp³-hybridized carbons (Fsp3) is 0.833. The summed E-state index contributed by atoms with van der Waals surface area (Å²) in [6.45, 7) is 6.15. The first-order chi connectivity index (χ1) is 8.22. The Morgan fingerprint density at radius 1 is 1.53 bits per heavy atom. The van der Waals surface area contributed by atoms with Gasteiger partial charge in [0.1, 0.15) is 0 Å². The van der Waals surface area contributed by atoms with Gasteiger partial charge in [-0.15, -0.1) is 0 Å². The van der Waals surface area contributed by atoms with Crippen molar-refractivity contribution >= 4 is 22.8 Å². The Morgan fingerprint density at radius 3 is 2.88 bits per heavy atom. The van der Waals surface area contributed by atoms with E-state index in [4.69, 9.17) is 0 Å². The number of carbonyl (C=O) groups is 1. The number of aliphatic imine (C=N–C) groups is 1. The van der Waals surface area contributed by atoms with Gasteiger partial charge in [0.05, 0.1) is 12.6 Å². The molecule has 2 N–H and O–H groups in total. The number of nitrogens with one attached hydrogen (secondary N) is 2. The van der Waals surface area contributed by atoms with E-state index in [0.29, 0.717) is 11.7 Å². The lowest BCUT2D eigenvalue weighted by Crippen LogP contribution is -2.34. The van der Waals surface area contributed by atoms with Crippen LogP contribution in [0.5, 0.6) is 0 Å². The van der Waals surface area contributed by atoms with E-state index in [2.05, 4.69) is 29.5 Å². The van der Waals surface area contributed by atoms with Crippen LogP contribution in [0.2, 0.25) is 0 Å². The van der Waals surface area contributed by atoms with E-state index in [0.717, 1.165) is 24.2 Å². The standard InChI is InChI=1S/C12H21N3OS/c1-3-8(4-2)10-7-14-12(17-10)15-9-5-11(16)13-6-9/h8-10H,3-7H2,1-2H3,(H,13,16)(H,14,15). The van der Waals surface area contributed by atoms with Crippen LogP contribution in [-0.4, -0.2) is 35.5 Å². The van der Waals surface area contributed by atoms with Crippen LogP contribution in [0.1, 0.15) is 33.1 Å². The zero-order valence-electron chi connectivity index (χ0n) is 10.5. The molecule has 0 saturated carbocycles. The average Bonchev–Trinajstić information content (AvgIpc) is 2.91. The number of rotatable bonds is 4. The van der Waals surface area contributed by atoms with E-state index in [9.17, 15) is 4.79 Å². The summed E-state index contributed by atoms with van der Waals surface area (Å²) in [6.07, 6.45) is 3.02. The minimum Gasteiger partial charge on any atom is -0.360 e. The Kier molecular flexibility index (Phi) is 4.31. The second-order valence-electron chi connectivity index (χ2n) is 4.73. The van der Waals surface area contributed by atoms with Gasteiger partial charge in [0.15, 0.2) is 5.17 Å². The van der Waals surface area contributed by atoms with Gasteiger partial charge in [0.25, 0.3) is 0 Å². The summed E-state index contributed by atoms with van der Waals surface area (Å²) < 4.78 is 0. The Bertz CT molecular complexity index is 315. The number of amidine groups is 1. The van der Waals surface area contributed by atoms with Crippen molar-refractivity contribution in [1.29, 1.82) is 0 Å². The Morgan fingerprint density at radius 2 is 2.29 bits per heavy atom. The van der Waals surface area contributed by atoms with Crippen LogP contribution in [0, 0.1) is 5.92 Å². The van der Waals surface area contributed by atoms with E-state index in [-0.39, 0.29) is 11.9 Å². The van der Waals surface area contributed by atoms with Crippen LogP contribution in [0.3, 0.4) is 0 Å². The Hall–Kier alpha value is -0.710. The third kappa shape index (κ3) is 3.15. The molecule has 0 radical (unpaired) electrons. The van der Waals surface area contributed by atoms with Crippen molar-refractivity contribution in [1.82, 2.24) is 10.6 Å². The van der Waals surface area contributed by atoms with Crippen molar-refractivity contribution in [3.63, 3.8) is 0 Å². The zero-order valence-corrected chi connectivity index (χ0v) is 11.3. The highest BCUT2D eigenvalue weighted by Crippen LogP contribution is 2.30. The van der Waals surface area contributed by atoms with Gasteiger partial charge in [-0.1, -0.05) is 38.5 Å². The summed E-state index contributed by atoms with van der Waals surface area (Å²) >= 11 is 1.86. The Labute approximate surface area is 107 Å². The molecule has 0 bridgehead atoms. The lowest BCUT2D eigenvalue weighted by Gasteiger charge is -2.19. The molecule has 2 aliphatic rings. The van der Waals surface area contributed by atoms with Gasteiger partial charge >= 0.3 is 0 Å². The monoisotopic (exact) mass is 255 g/mol. The molecular weight excluding hydrogens is 234 g/mol. The molecule has 2 atom stereocenters. The molecule has 17 heavy (non-hydrogen) atoms. The quantitative estimate of drug-likeness (QED) is 0.798. The van der Waals surface area contributed by atoms with Gasteiger partial charge in [0, 0.05) is 18.2 Å². The van der Waals surface area contributed by atoms with Crippen molar-refractivity contribution < 1.29 is 4.79 Å². The van der Waals surface area contributed by atoms with E-state index in [1.54, 1.807) is 0 Å². The minimum atomic E-state index is 0.141. The van der Waals surface area contributed by atoms with Crippen molar-refractivity contribution in [3.8, 4) is 0 Å². The third-order valence-electron chi connectivity index (χ3n) is 3.56. The number of carbonyl (C=O) groups excluding carboxylic acids is 1. The minimum absolute atomic E-state index is 0.141. The molecule has 0 aromatic heterocycles. The fourth-order valence-corrected chi connectivity index (χ4v) is 3.81. The fourth-order valence-electron chi connectivity index (χ4n) is 2.41. The van der Waals surface area contributed by atoms with E-state index in [1.165, 1.54) is 12.8 Å². The molecule has 0 aromatic carbocycles. The van der Waals surface area contributed by atoms with Gasteiger partial charge < -0.3 is 10.6 Å².